The highest BCUT2D eigenvalue weighted by molar-refractivity contribution is 7.98. The van der Waals surface area contributed by atoms with Gasteiger partial charge in [0, 0.05) is 6.07 Å². The molecule has 0 aliphatic carbocycles. The third-order valence-electron chi connectivity index (χ3n) is 2.42. The fraction of sp³-hybridized carbons (Fsp3) is 0.231. The summed E-state index contributed by atoms with van der Waals surface area (Å²) in [6.45, 7) is 0. The van der Waals surface area contributed by atoms with Crippen LogP contribution in [0.3, 0.4) is 0 Å². The summed E-state index contributed by atoms with van der Waals surface area (Å²) in [6, 6.07) is 6.89. The summed E-state index contributed by atoms with van der Waals surface area (Å²) in [4.78, 5) is 8.29. The smallest absolute Gasteiger partial charge is 0.225 e. The zero-order chi connectivity index (χ0) is 14.5. The summed E-state index contributed by atoms with van der Waals surface area (Å²) in [5.41, 5.74) is 0. The summed E-state index contributed by atoms with van der Waals surface area (Å²) >= 11 is 7.31. The van der Waals surface area contributed by atoms with E-state index in [1.54, 1.807) is 26.4 Å². The molecule has 0 spiro atoms. The minimum absolute atomic E-state index is 0.313. The van der Waals surface area contributed by atoms with Crippen LogP contribution in [0.25, 0.3) is 0 Å². The average Bonchev–Trinajstić information content (AvgIpc) is 2.46. The van der Waals surface area contributed by atoms with Gasteiger partial charge >= 0.3 is 0 Å². The van der Waals surface area contributed by atoms with Gasteiger partial charge < -0.3 is 14.2 Å². The van der Waals surface area contributed by atoms with E-state index in [1.165, 1.54) is 17.8 Å². The van der Waals surface area contributed by atoms with Crippen molar-refractivity contribution in [2.75, 3.05) is 20.5 Å². The zero-order valence-corrected chi connectivity index (χ0v) is 12.8. The number of aromatic nitrogens is 2. The number of hydrogen-bond donors (Lipinski definition) is 0. The molecule has 0 N–H and O–H groups in total. The maximum Gasteiger partial charge on any atom is 0.225 e. The molecule has 1 heterocycles. The van der Waals surface area contributed by atoms with Crippen LogP contribution in [0.15, 0.2) is 29.4 Å². The van der Waals surface area contributed by atoms with E-state index in [4.69, 9.17) is 25.8 Å². The molecule has 0 fully saturated rings. The van der Waals surface area contributed by atoms with Crippen LogP contribution in [0.5, 0.6) is 23.1 Å². The molecule has 2 rings (SSSR count). The Morgan fingerprint density at radius 1 is 1.10 bits per heavy atom. The van der Waals surface area contributed by atoms with Gasteiger partial charge in [0.2, 0.25) is 11.6 Å². The van der Waals surface area contributed by atoms with Gasteiger partial charge in [0.05, 0.1) is 14.2 Å². The average molecular weight is 313 g/mol. The molecule has 0 amide bonds. The first kappa shape index (κ1) is 14.7. The number of benzene rings is 1. The zero-order valence-electron chi connectivity index (χ0n) is 11.2. The summed E-state index contributed by atoms with van der Waals surface area (Å²) < 4.78 is 16.3. The molecule has 1 aromatic carbocycles. The standard InChI is InChI=1S/C13H13ClN2O3S/c1-17-8-5-4-6-9(18-2)12(8)19-11-7-10(14)15-13(16-11)20-3/h4-7H,1-3H3. The lowest BCUT2D eigenvalue weighted by atomic mass is 10.3. The SMILES string of the molecule is COc1cccc(OC)c1Oc1cc(Cl)nc(SC)n1. The number of methoxy groups -OCH3 is 2. The molecule has 7 heteroatoms. The molecule has 0 saturated heterocycles. The summed E-state index contributed by atoms with van der Waals surface area (Å²) in [7, 11) is 3.11. The van der Waals surface area contributed by atoms with E-state index >= 15 is 0 Å². The fourth-order valence-corrected chi connectivity index (χ4v) is 2.14. The van der Waals surface area contributed by atoms with Crippen molar-refractivity contribution in [2.24, 2.45) is 0 Å². The number of rotatable bonds is 5. The van der Waals surface area contributed by atoms with Crippen molar-refractivity contribution in [1.29, 1.82) is 0 Å². The molecule has 1 aromatic heterocycles. The third-order valence-corrected chi connectivity index (χ3v) is 3.16. The van der Waals surface area contributed by atoms with Gasteiger partial charge in [-0.15, -0.1) is 0 Å². The molecule has 2 aromatic rings. The predicted octanol–water partition coefficient (Wildman–Crippen LogP) is 3.66. The van der Waals surface area contributed by atoms with Gasteiger partial charge in [0.15, 0.2) is 16.7 Å². The van der Waals surface area contributed by atoms with Crippen LogP contribution in [0.2, 0.25) is 5.15 Å². The summed E-state index contributed by atoms with van der Waals surface area (Å²) in [5.74, 6) is 1.87. The second kappa shape index (κ2) is 6.67. The van der Waals surface area contributed by atoms with Crippen LogP contribution in [0.1, 0.15) is 0 Å². The van der Waals surface area contributed by atoms with Crippen LogP contribution < -0.4 is 14.2 Å². The molecule has 106 valence electrons. The van der Waals surface area contributed by atoms with Gasteiger partial charge in [-0.3, -0.25) is 0 Å². The minimum atomic E-state index is 0.313. The summed E-state index contributed by atoms with van der Waals surface area (Å²) in [6.07, 6.45) is 1.86. The first-order chi connectivity index (χ1) is 9.67. The fourth-order valence-electron chi connectivity index (χ4n) is 1.54. The van der Waals surface area contributed by atoms with E-state index < -0.39 is 0 Å². The second-order valence-electron chi connectivity index (χ2n) is 3.61. The van der Waals surface area contributed by atoms with Gasteiger partial charge in [0.1, 0.15) is 5.15 Å². The maximum absolute atomic E-state index is 5.94. The van der Waals surface area contributed by atoms with E-state index in [0.717, 1.165) is 0 Å². The Balaban J connectivity index is 2.41. The minimum Gasteiger partial charge on any atom is -0.493 e. The van der Waals surface area contributed by atoms with Gasteiger partial charge in [-0.05, 0) is 18.4 Å². The van der Waals surface area contributed by atoms with Crippen LogP contribution in [0, 0.1) is 0 Å². The molecular weight excluding hydrogens is 300 g/mol. The van der Waals surface area contributed by atoms with Gasteiger partial charge in [-0.1, -0.05) is 29.4 Å². The number of ether oxygens (including phenoxy) is 3. The third kappa shape index (κ3) is 3.26. The number of hydrogen-bond acceptors (Lipinski definition) is 6. The topological polar surface area (TPSA) is 53.5 Å². The second-order valence-corrected chi connectivity index (χ2v) is 4.77. The Bertz CT molecular complexity index is 588. The largest absolute Gasteiger partial charge is 0.493 e. The number of para-hydroxylation sites is 1. The molecule has 0 unspecified atom stereocenters. The Hall–Kier alpha value is -1.66. The molecule has 0 aliphatic heterocycles. The van der Waals surface area contributed by atoms with Crippen LogP contribution >= 0.6 is 23.4 Å². The maximum atomic E-state index is 5.94. The Morgan fingerprint density at radius 3 is 2.30 bits per heavy atom. The Morgan fingerprint density at radius 2 is 1.75 bits per heavy atom. The first-order valence-electron chi connectivity index (χ1n) is 5.65. The molecule has 20 heavy (non-hydrogen) atoms. The van der Waals surface area contributed by atoms with Crippen molar-refractivity contribution < 1.29 is 14.2 Å². The van der Waals surface area contributed by atoms with Gasteiger partial charge in [-0.2, -0.15) is 4.98 Å². The lowest BCUT2D eigenvalue weighted by Gasteiger charge is -2.13. The molecule has 0 bridgehead atoms. The van der Waals surface area contributed by atoms with Crippen molar-refractivity contribution in [3.8, 4) is 23.1 Å². The number of nitrogens with zero attached hydrogens (tertiary/aromatic N) is 2. The van der Waals surface area contributed by atoms with E-state index in [1.807, 2.05) is 12.3 Å². The molecule has 0 aliphatic rings. The highest BCUT2D eigenvalue weighted by atomic mass is 35.5. The molecule has 5 nitrogen and oxygen atoms in total. The summed E-state index contributed by atoms with van der Waals surface area (Å²) in [5, 5.41) is 0.842. The van der Waals surface area contributed by atoms with Crippen molar-refractivity contribution in [1.82, 2.24) is 9.97 Å². The van der Waals surface area contributed by atoms with Crippen molar-refractivity contribution >= 4 is 23.4 Å². The lowest BCUT2D eigenvalue weighted by Crippen LogP contribution is -1.97. The molecular formula is C13H13ClN2O3S. The van der Waals surface area contributed by atoms with Gasteiger partial charge in [0.25, 0.3) is 0 Å². The molecule has 0 radical (unpaired) electrons. The monoisotopic (exact) mass is 312 g/mol. The van der Waals surface area contributed by atoms with E-state index in [2.05, 4.69) is 9.97 Å². The van der Waals surface area contributed by atoms with E-state index in [0.29, 0.717) is 33.4 Å². The first-order valence-corrected chi connectivity index (χ1v) is 7.25. The van der Waals surface area contributed by atoms with E-state index in [9.17, 15) is 0 Å². The highest BCUT2D eigenvalue weighted by Crippen LogP contribution is 2.39. The molecule has 0 atom stereocenters. The van der Waals surface area contributed by atoms with Crippen molar-refractivity contribution in [2.45, 2.75) is 5.16 Å². The van der Waals surface area contributed by atoms with Crippen LogP contribution in [-0.4, -0.2) is 30.4 Å². The van der Waals surface area contributed by atoms with E-state index in [-0.39, 0.29) is 0 Å². The van der Waals surface area contributed by atoms with Crippen molar-refractivity contribution in [3.63, 3.8) is 0 Å². The Labute approximate surface area is 126 Å². The predicted molar refractivity (Wildman–Crippen MR) is 78.4 cm³/mol. The lowest BCUT2D eigenvalue weighted by molar-refractivity contribution is 0.340. The quantitative estimate of drug-likeness (QED) is 0.477. The highest BCUT2D eigenvalue weighted by Gasteiger charge is 2.14. The number of halogens is 1. The normalized spacial score (nSPS) is 10.2. The Kier molecular flexibility index (Phi) is 4.92. The number of thioether (sulfide) groups is 1. The van der Waals surface area contributed by atoms with Crippen LogP contribution in [0.4, 0.5) is 0 Å². The van der Waals surface area contributed by atoms with Crippen LogP contribution in [-0.2, 0) is 0 Å². The van der Waals surface area contributed by atoms with Gasteiger partial charge in [-0.25, -0.2) is 4.98 Å². The molecule has 0 saturated carbocycles. The van der Waals surface area contributed by atoms with Crippen molar-refractivity contribution in [3.05, 3.63) is 29.4 Å².